The smallest absolute Gasteiger partial charge is 0.407 e. The third-order valence-electron chi connectivity index (χ3n) is 6.94. The van der Waals surface area contributed by atoms with Gasteiger partial charge in [0.25, 0.3) is 0 Å². The van der Waals surface area contributed by atoms with E-state index < -0.39 is 12.1 Å². The minimum Gasteiger partial charge on any atom is -0.477 e. The Hall–Kier alpha value is -2.13. The lowest BCUT2D eigenvalue weighted by molar-refractivity contribution is -0.124. The van der Waals surface area contributed by atoms with E-state index in [1.54, 1.807) is 4.90 Å². The van der Waals surface area contributed by atoms with Crippen molar-refractivity contribution in [1.82, 2.24) is 5.32 Å². The highest BCUT2D eigenvalue weighted by atomic mass is 32.1. The topological polar surface area (TPSA) is 105 Å². The average Bonchev–Trinajstić information content (AvgIpc) is 3.44. The Bertz CT molecular complexity index is 894. The van der Waals surface area contributed by atoms with E-state index >= 15 is 0 Å². The molecular formula is C26H40N2O6S. The average molecular weight is 509 g/mol. The number of alkyl carbamates (subject to hydrolysis) is 1. The molecule has 9 heteroatoms. The van der Waals surface area contributed by atoms with Gasteiger partial charge < -0.3 is 24.8 Å². The van der Waals surface area contributed by atoms with Crippen LogP contribution in [0.3, 0.4) is 0 Å². The number of anilines is 1. The van der Waals surface area contributed by atoms with Crippen molar-refractivity contribution >= 4 is 35.0 Å². The lowest BCUT2D eigenvalue weighted by atomic mass is 9.82. The van der Waals surface area contributed by atoms with E-state index in [2.05, 4.69) is 12.2 Å². The summed E-state index contributed by atoms with van der Waals surface area (Å²) in [5.74, 6) is -0.554. The van der Waals surface area contributed by atoms with Crippen LogP contribution in [0.25, 0.3) is 0 Å². The van der Waals surface area contributed by atoms with Crippen molar-refractivity contribution in [2.75, 3.05) is 24.7 Å². The zero-order chi connectivity index (χ0) is 25.8. The number of carbonyl (C=O) groups excluding carboxylic acids is 2. The quantitative estimate of drug-likeness (QED) is 0.500. The molecule has 1 aromatic rings. The molecule has 1 saturated heterocycles. The van der Waals surface area contributed by atoms with Crippen molar-refractivity contribution in [3.63, 3.8) is 0 Å². The number of aromatic carboxylic acids is 1. The summed E-state index contributed by atoms with van der Waals surface area (Å²) in [4.78, 5) is 41.0. The van der Waals surface area contributed by atoms with E-state index in [0.29, 0.717) is 44.2 Å². The number of hydrogen-bond acceptors (Lipinski definition) is 6. The lowest BCUT2D eigenvalue weighted by Gasteiger charge is -2.35. The number of carboxylic acid groups (broad SMARTS) is 1. The number of amides is 2. The van der Waals surface area contributed by atoms with Gasteiger partial charge in [0.15, 0.2) is 0 Å². The minimum atomic E-state index is -1.02. The molecular weight excluding hydrogens is 468 g/mol. The number of carbonyl (C=O) groups is 3. The second kappa shape index (κ2) is 11.7. The molecule has 1 aliphatic carbocycles. The molecule has 2 aliphatic rings. The van der Waals surface area contributed by atoms with Gasteiger partial charge in [0.2, 0.25) is 5.91 Å². The van der Waals surface area contributed by atoms with Crippen LogP contribution >= 0.6 is 11.3 Å². The first-order chi connectivity index (χ1) is 16.5. The molecule has 2 N–H and O–H groups in total. The molecule has 2 fully saturated rings. The Morgan fingerprint density at radius 1 is 1.23 bits per heavy atom. The zero-order valence-electron chi connectivity index (χ0n) is 21.6. The van der Waals surface area contributed by atoms with Crippen molar-refractivity contribution in [2.45, 2.75) is 90.7 Å². The fourth-order valence-corrected chi connectivity index (χ4v) is 5.72. The molecule has 1 aromatic heterocycles. The van der Waals surface area contributed by atoms with E-state index in [1.807, 2.05) is 33.8 Å². The van der Waals surface area contributed by atoms with Crippen molar-refractivity contribution in [1.29, 1.82) is 0 Å². The predicted molar refractivity (Wildman–Crippen MR) is 136 cm³/mol. The van der Waals surface area contributed by atoms with Crippen LogP contribution in [0.2, 0.25) is 0 Å². The summed E-state index contributed by atoms with van der Waals surface area (Å²) in [6.07, 6.45) is 4.08. The number of nitrogens with one attached hydrogen (secondary N) is 1. The second-order valence-corrected chi connectivity index (χ2v) is 12.1. The van der Waals surface area contributed by atoms with Gasteiger partial charge in [-0.1, -0.05) is 27.7 Å². The van der Waals surface area contributed by atoms with Gasteiger partial charge in [-0.3, -0.25) is 4.79 Å². The number of nitrogens with zero attached hydrogens (tertiary/aromatic N) is 1. The molecule has 8 nitrogen and oxygen atoms in total. The highest BCUT2D eigenvalue weighted by Gasteiger charge is 2.35. The van der Waals surface area contributed by atoms with Gasteiger partial charge in [-0.15, -0.1) is 11.3 Å². The van der Waals surface area contributed by atoms with Crippen LogP contribution in [0.1, 0.15) is 87.7 Å². The normalized spacial score (nSPS) is 23.5. The number of thiophene rings is 1. The third-order valence-corrected chi connectivity index (χ3v) is 8.48. The first kappa shape index (κ1) is 27.5. The van der Waals surface area contributed by atoms with Crippen molar-refractivity contribution in [3.8, 4) is 0 Å². The molecule has 0 unspecified atom stereocenters. The van der Waals surface area contributed by atoms with E-state index in [0.717, 1.165) is 30.6 Å². The van der Waals surface area contributed by atoms with Gasteiger partial charge in [-0.25, -0.2) is 9.59 Å². The Balaban J connectivity index is 1.79. The van der Waals surface area contributed by atoms with Gasteiger partial charge in [0, 0.05) is 29.8 Å². The third kappa shape index (κ3) is 7.19. The highest BCUT2D eigenvalue weighted by Crippen LogP contribution is 2.40. The van der Waals surface area contributed by atoms with Crippen LogP contribution < -0.4 is 10.2 Å². The first-order valence-electron chi connectivity index (χ1n) is 12.7. The molecule has 1 aliphatic heterocycles. The van der Waals surface area contributed by atoms with Gasteiger partial charge in [-0.05, 0) is 56.4 Å². The molecule has 1 saturated carbocycles. The molecule has 196 valence electrons. The molecule has 3 rings (SSSR count). The Labute approximate surface area is 212 Å². The van der Waals surface area contributed by atoms with Crippen LogP contribution in [0.5, 0.6) is 0 Å². The summed E-state index contributed by atoms with van der Waals surface area (Å²) in [6, 6.07) is 1.58. The molecule has 35 heavy (non-hydrogen) atoms. The molecule has 2 atom stereocenters. The number of hydrogen-bond donors (Lipinski definition) is 2. The Kier molecular flexibility index (Phi) is 9.21. The number of rotatable bonds is 8. The summed E-state index contributed by atoms with van der Waals surface area (Å²) < 4.78 is 10.6. The Morgan fingerprint density at radius 2 is 1.91 bits per heavy atom. The predicted octanol–water partition coefficient (Wildman–Crippen LogP) is 5.20. The van der Waals surface area contributed by atoms with Crippen LogP contribution in [0, 0.1) is 11.8 Å². The van der Waals surface area contributed by atoms with Crippen LogP contribution in [-0.4, -0.2) is 55.0 Å². The molecule has 0 spiro atoms. The highest BCUT2D eigenvalue weighted by molar-refractivity contribution is 7.14. The van der Waals surface area contributed by atoms with Gasteiger partial charge in [-0.2, -0.15) is 0 Å². The van der Waals surface area contributed by atoms with Crippen LogP contribution in [-0.2, 0) is 19.7 Å². The fourth-order valence-electron chi connectivity index (χ4n) is 4.67. The maximum atomic E-state index is 13.8. The van der Waals surface area contributed by atoms with Crippen LogP contribution in [0.15, 0.2) is 6.07 Å². The van der Waals surface area contributed by atoms with Crippen LogP contribution in [0.4, 0.5) is 10.5 Å². The van der Waals surface area contributed by atoms with E-state index in [-0.39, 0.29) is 34.3 Å². The largest absolute Gasteiger partial charge is 0.477 e. The molecule has 2 heterocycles. The van der Waals surface area contributed by atoms with E-state index in [4.69, 9.17) is 9.47 Å². The minimum absolute atomic E-state index is 0.0177. The zero-order valence-corrected chi connectivity index (χ0v) is 22.4. The summed E-state index contributed by atoms with van der Waals surface area (Å²) in [5.41, 5.74) is 0.231. The summed E-state index contributed by atoms with van der Waals surface area (Å²) in [5, 5.41) is 12.7. The van der Waals surface area contributed by atoms with Gasteiger partial charge in [0.1, 0.15) is 11.0 Å². The Morgan fingerprint density at radius 3 is 2.49 bits per heavy atom. The van der Waals surface area contributed by atoms with Gasteiger partial charge in [0.05, 0.1) is 18.9 Å². The fraction of sp³-hybridized carbons (Fsp3) is 0.731. The lowest BCUT2D eigenvalue weighted by Crippen LogP contribution is -2.45. The summed E-state index contributed by atoms with van der Waals surface area (Å²) >= 11 is 1.24. The van der Waals surface area contributed by atoms with Crippen molar-refractivity contribution in [3.05, 3.63) is 15.8 Å². The maximum absolute atomic E-state index is 13.8. The number of carboxylic acids is 1. The summed E-state index contributed by atoms with van der Waals surface area (Å²) in [6.45, 7) is 11.6. The van der Waals surface area contributed by atoms with Crippen molar-refractivity contribution in [2.24, 2.45) is 11.8 Å². The number of ether oxygens (including phenoxy) is 2. The molecule has 0 radical (unpaired) electrons. The molecule has 0 aromatic carbocycles. The van der Waals surface area contributed by atoms with E-state index in [1.165, 1.54) is 11.3 Å². The molecule has 2 amide bonds. The second-order valence-electron chi connectivity index (χ2n) is 11.0. The monoisotopic (exact) mass is 508 g/mol. The van der Waals surface area contributed by atoms with E-state index in [9.17, 15) is 19.5 Å². The maximum Gasteiger partial charge on any atom is 0.407 e. The first-order valence-corrected chi connectivity index (χ1v) is 13.5. The summed E-state index contributed by atoms with van der Waals surface area (Å²) in [7, 11) is 0. The SMILES string of the molecule is CC1CCC(C(=O)N(c2cc(C(C)(C)C)sc2C(=O)O)[C@@H](C)CCNC(=O)O[C@@H]2CCOC2)CC1. The van der Waals surface area contributed by atoms with Gasteiger partial charge >= 0.3 is 12.1 Å². The molecule has 0 bridgehead atoms. The standard InChI is InChI=1S/C26H40N2O6S/c1-16-6-8-18(9-7-16)23(29)28(20-14-21(26(3,4)5)35-22(20)24(30)31)17(2)10-12-27-25(32)34-19-11-13-33-15-19/h14,16-19H,6-13,15H2,1-5H3,(H,27,32)(H,30,31)/t16?,17-,18?,19+/m0/s1. The van der Waals surface area contributed by atoms with Crippen molar-refractivity contribution < 1.29 is 29.0 Å².